The van der Waals surface area contributed by atoms with Crippen molar-refractivity contribution in [2.75, 3.05) is 5.32 Å². The molecule has 0 aliphatic carbocycles. The molecule has 3 aromatic rings. The molecule has 4 N–H and O–H groups in total. The Morgan fingerprint density at radius 3 is 2.26 bits per heavy atom. The highest BCUT2D eigenvalue weighted by atomic mass is 32.2. The van der Waals surface area contributed by atoms with Crippen LogP contribution >= 0.6 is 0 Å². The van der Waals surface area contributed by atoms with Gasteiger partial charge in [0.05, 0.1) is 4.90 Å². The van der Waals surface area contributed by atoms with Crippen LogP contribution < -0.4 is 10.5 Å². The predicted molar refractivity (Wildman–Crippen MR) is 127 cm³/mol. The second-order valence-electron chi connectivity index (χ2n) is 6.81. The monoisotopic (exact) mass is 435 g/mol. The Bertz CT molecular complexity index is 1200. The molecule has 7 heteroatoms. The van der Waals surface area contributed by atoms with Gasteiger partial charge in [0.15, 0.2) is 0 Å². The van der Waals surface area contributed by atoms with Crippen molar-refractivity contribution in [1.29, 1.82) is 5.41 Å². The molecule has 0 atom stereocenters. The van der Waals surface area contributed by atoms with Gasteiger partial charge < -0.3 is 10.7 Å². The minimum absolute atomic E-state index is 0.0636. The third kappa shape index (κ3) is 6.47. The number of anilines is 1. The third-order valence-electron chi connectivity index (χ3n) is 4.43. The lowest BCUT2D eigenvalue weighted by Gasteiger charge is -2.10. The Kier molecular flexibility index (Phi) is 8.01. The molecule has 0 radical (unpaired) electrons. The quantitative estimate of drug-likeness (QED) is 0.401. The van der Waals surface area contributed by atoms with Crippen LogP contribution in [0.1, 0.15) is 18.1 Å². The molecule has 0 aliphatic heterocycles. The zero-order valence-electron chi connectivity index (χ0n) is 17.4. The van der Waals surface area contributed by atoms with Gasteiger partial charge in [0.1, 0.15) is 0 Å². The Morgan fingerprint density at radius 1 is 1.00 bits per heavy atom. The Morgan fingerprint density at radius 2 is 1.65 bits per heavy atom. The summed E-state index contributed by atoms with van der Waals surface area (Å²) in [7, 11) is -3.83. The largest absolute Gasteiger partial charge is 0.322 e. The molecule has 0 aromatic heterocycles. The molecule has 6 nitrogen and oxygen atoms in total. The second kappa shape index (κ2) is 10.5. The summed E-state index contributed by atoms with van der Waals surface area (Å²) in [5, 5.41) is 13.7. The lowest BCUT2D eigenvalue weighted by atomic mass is 10.1. The smallest absolute Gasteiger partial charge is 0.251 e. The number of hydrogen-bond acceptors (Lipinski definition) is 4. The molecule has 1 amide bonds. The number of amides is 1. The van der Waals surface area contributed by atoms with Gasteiger partial charge in [-0.25, -0.2) is 13.6 Å². The standard InChI is InChI=1S/C23H22N2O3S.CH3N/c1-16-6-5-7-18(14-16)15-17(2)23(26)25-20-12-10-19(11-13-20)21-8-3-4-9-22(21)29(24,27)28;1-2/h3-15H,1-2H3,(H,25,26)(H2,24,27,28);2H,1H2/b17-15-;. The van der Waals surface area contributed by atoms with Crippen LogP contribution in [0, 0.1) is 12.3 Å². The van der Waals surface area contributed by atoms with E-state index in [1.165, 1.54) is 6.07 Å². The van der Waals surface area contributed by atoms with Gasteiger partial charge in [-0.1, -0.05) is 60.2 Å². The number of carbonyl (C=O) groups excluding carboxylic acids is 1. The highest BCUT2D eigenvalue weighted by molar-refractivity contribution is 7.89. The molecule has 0 fully saturated rings. The highest BCUT2D eigenvalue weighted by Crippen LogP contribution is 2.27. The van der Waals surface area contributed by atoms with Crippen LogP contribution in [0.4, 0.5) is 5.69 Å². The number of aryl methyl sites for hydroxylation is 1. The van der Waals surface area contributed by atoms with E-state index >= 15 is 0 Å². The summed E-state index contributed by atoms with van der Waals surface area (Å²) >= 11 is 0. The van der Waals surface area contributed by atoms with Gasteiger partial charge in [0.25, 0.3) is 5.91 Å². The van der Waals surface area contributed by atoms with E-state index in [2.05, 4.69) is 12.0 Å². The van der Waals surface area contributed by atoms with E-state index < -0.39 is 10.0 Å². The van der Waals surface area contributed by atoms with Crippen molar-refractivity contribution in [1.82, 2.24) is 0 Å². The molecular formula is C24H25N3O3S. The molecule has 0 heterocycles. The van der Waals surface area contributed by atoms with E-state index in [0.29, 0.717) is 22.4 Å². The van der Waals surface area contributed by atoms with E-state index in [1.807, 2.05) is 37.3 Å². The van der Waals surface area contributed by atoms with Gasteiger partial charge >= 0.3 is 0 Å². The second-order valence-corrected chi connectivity index (χ2v) is 8.34. The molecule has 0 saturated heterocycles. The van der Waals surface area contributed by atoms with E-state index in [1.54, 1.807) is 49.4 Å². The summed E-state index contributed by atoms with van der Waals surface area (Å²) < 4.78 is 23.6. The maximum Gasteiger partial charge on any atom is 0.251 e. The number of rotatable bonds is 5. The first kappa shape index (κ1) is 23.7. The maximum atomic E-state index is 12.5. The normalized spacial score (nSPS) is 11.3. The number of primary sulfonamides is 1. The fraction of sp³-hybridized carbons (Fsp3) is 0.0833. The summed E-state index contributed by atoms with van der Waals surface area (Å²) in [5.74, 6) is -0.204. The van der Waals surface area contributed by atoms with Crippen molar-refractivity contribution in [2.45, 2.75) is 18.7 Å². The number of hydrogen-bond donors (Lipinski definition) is 3. The van der Waals surface area contributed by atoms with E-state index in [0.717, 1.165) is 11.1 Å². The van der Waals surface area contributed by atoms with E-state index in [-0.39, 0.29) is 10.8 Å². The summed E-state index contributed by atoms with van der Waals surface area (Å²) in [5.41, 5.74) is 4.50. The fourth-order valence-electron chi connectivity index (χ4n) is 2.99. The molecule has 0 spiro atoms. The maximum absolute atomic E-state index is 12.5. The SMILES string of the molecule is C/C(=C/c1cccc(C)c1)C(=O)Nc1ccc(-c2ccccc2S(N)(=O)=O)cc1.C=N. The van der Waals surface area contributed by atoms with Gasteiger partial charge in [-0.2, -0.15) is 0 Å². The minimum Gasteiger partial charge on any atom is -0.322 e. The van der Waals surface area contributed by atoms with Gasteiger partial charge in [-0.15, -0.1) is 0 Å². The molecule has 31 heavy (non-hydrogen) atoms. The summed E-state index contributed by atoms with van der Waals surface area (Å²) in [6.07, 6.45) is 1.83. The average Bonchev–Trinajstić information content (AvgIpc) is 2.75. The topological polar surface area (TPSA) is 113 Å². The van der Waals surface area contributed by atoms with E-state index in [4.69, 9.17) is 10.5 Å². The molecule has 3 rings (SSSR count). The number of nitrogens with two attached hydrogens (primary N) is 1. The van der Waals surface area contributed by atoms with Crippen molar-refractivity contribution in [3.63, 3.8) is 0 Å². The first-order chi connectivity index (χ1) is 14.7. The zero-order chi connectivity index (χ0) is 23.0. The average molecular weight is 436 g/mol. The molecular weight excluding hydrogens is 410 g/mol. The van der Waals surface area contributed by atoms with Crippen molar-refractivity contribution in [3.8, 4) is 11.1 Å². The van der Waals surface area contributed by atoms with Crippen LogP contribution in [0.3, 0.4) is 0 Å². The lowest BCUT2D eigenvalue weighted by Crippen LogP contribution is -2.13. The Labute approximate surface area is 183 Å². The summed E-state index contributed by atoms with van der Waals surface area (Å²) in [4.78, 5) is 12.5. The summed E-state index contributed by atoms with van der Waals surface area (Å²) in [6.45, 7) is 6.26. The number of sulfonamides is 1. The molecule has 0 unspecified atom stereocenters. The predicted octanol–water partition coefficient (Wildman–Crippen LogP) is 4.62. The molecule has 0 saturated carbocycles. The van der Waals surface area contributed by atoms with E-state index in [9.17, 15) is 13.2 Å². The molecule has 160 valence electrons. The molecule has 3 aromatic carbocycles. The van der Waals surface area contributed by atoms with Crippen LogP contribution in [0.25, 0.3) is 17.2 Å². The lowest BCUT2D eigenvalue weighted by molar-refractivity contribution is -0.112. The molecule has 0 bridgehead atoms. The first-order valence-corrected chi connectivity index (χ1v) is 10.9. The van der Waals surface area contributed by atoms with Crippen LogP contribution in [-0.2, 0) is 14.8 Å². The van der Waals surface area contributed by atoms with Crippen molar-refractivity contribution in [2.24, 2.45) is 5.14 Å². The van der Waals surface area contributed by atoms with Crippen molar-refractivity contribution < 1.29 is 13.2 Å². The minimum atomic E-state index is -3.83. The highest BCUT2D eigenvalue weighted by Gasteiger charge is 2.14. The zero-order valence-corrected chi connectivity index (χ0v) is 18.2. The number of benzene rings is 3. The Hall–Kier alpha value is -3.55. The van der Waals surface area contributed by atoms with Crippen LogP contribution in [0.5, 0.6) is 0 Å². The Balaban J connectivity index is 0.00000166. The number of carbonyl (C=O) groups is 1. The van der Waals surface area contributed by atoms with Gasteiger partial charge in [0, 0.05) is 16.8 Å². The van der Waals surface area contributed by atoms with Crippen molar-refractivity contribution >= 4 is 34.4 Å². The van der Waals surface area contributed by atoms with Crippen LogP contribution in [0.15, 0.2) is 83.3 Å². The summed E-state index contributed by atoms with van der Waals surface area (Å²) in [6, 6.07) is 21.4. The van der Waals surface area contributed by atoms with Gasteiger partial charge in [-0.05, 0) is 56.0 Å². The van der Waals surface area contributed by atoms with Gasteiger partial charge in [-0.3, -0.25) is 4.79 Å². The van der Waals surface area contributed by atoms with Gasteiger partial charge in [0.2, 0.25) is 10.0 Å². The fourth-order valence-corrected chi connectivity index (χ4v) is 3.75. The van der Waals surface area contributed by atoms with Crippen molar-refractivity contribution in [3.05, 3.63) is 89.5 Å². The number of nitrogens with one attached hydrogen (secondary N) is 2. The third-order valence-corrected chi connectivity index (χ3v) is 5.40. The molecule has 0 aliphatic rings. The van der Waals surface area contributed by atoms with Crippen LogP contribution in [-0.4, -0.2) is 21.0 Å². The first-order valence-electron chi connectivity index (χ1n) is 9.38. The van der Waals surface area contributed by atoms with Crippen LogP contribution in [0.2, 0.25) is 0 Å².